The lowest BCUT2D eigenvalue weighted by molar-refractivity contribution is -0.0553. The molecule has 0 spiro atoms. The number of rotatable bonds is 3. The highest BCUT2D eigenvalue weighted by molar-refractivity contribution is 5.22. The van der Waals surface area contributed by atoms with Crippen LogP contribution >= 0.6 is 0 Å². The summed E-state index contributed by atoms with van der Waals surface area (Å²) >= 11 is 0. The van der Waals surface area contributed by atoms with Gasteiger partial charge in [0.1, 0.15) is 0 Å². The van der Waals surface area contributed by atoms with Crippen LogP contribution in [-0.4, -0.2) is 16.4 Å². The van der Waals surface area contributed by atoms with Crippen LogP contribution in [0.3, 0.4) is 0 Å². The molecular weight excluding hydrogens is 178 g/mol. The molecule has 0 aromatic carbocycles. The van der Waals surface area contributed by atoms with Crippen molar-refractivity contribution in [1.29, 1.82) is 0 Å². The molecule has 1 aliphatic rings. The van der Waals surface area contributed by atoms with Crippen LogP contribution in [0.5, 0.6) is 5.88 Å². The minimum atomic E-state index is -2.78. The zero-order valence-corrected chi connectivity index (χ0v) is 7.20. The van der Waals surface area contributed by atoms with E-state index >= 15 is 0 Å². The van der Waals surface area contributed by atoms with Gasteiger partial charge in [-0.1, -0.05) is 0 Å². The molecule has 0 atom stereocenters. The summed E-state index contributed by atoms with van der Waals surface area (Å²) in [6.07, 6.45) is 2.20. The van der Waals surface area contributed by atoms with Crippen molar-refractivity contribution in [2.75, 3.05) is 0 Å². The van der Waals surface area contributed by atoms with E-state index in [1.807, 2.05) is 0 Å². The number of halogens is 2. The van der Waals surface area contributed by atoms with Crippen LogP contribution in [0, 0.1) is 0 Å². The van der Waals surface area contributed by atoms with Gasteiger partial charge in [-0.15, -0.1) is 0 Å². The average Bonchev–Trinajstić information content (AvgIpc) is 2.79. The number of alkyl halides is 2. The van der Waals surface area contributed by atoms with E-state index in [0.29, 0.717) is 5.92 Å². The molecule has 1 saturated carbocycles. The Morgan fingerprint density at radius 1 is 1.62 bits per heavy atom. The van der Waals surface area contributed by atoms with Crippen molar-refractivity contribution in [1.82, 2.24) is 9.78 Å². The van der Waals surface area contributed by atoms with Gasteiger partial charge in [-0.3, -0.25) is 0 Å². The van der Waals surface area contributed by atoms with E-state index in [1.54, 1.807) is 13.1 Å². The van der Waals surface area contributed by atoms with Crippen LogP contribution in [0.1, 0.15) is 24.5 Å². The van der Waals surface area contributed by atoms with E-state index in [4.69, 9.17) is 0 Å². The Labute approximate surface area is 74.3 Å². The van der Waals surface area contributed by atoms with Crippen molar-refractivity contribution in [3.05, 3.63) is 11.8 Å². The lowest BCUT2D eigenvalue weighted by Gasteiger charge is -2.01. The fourth-order valence-electron chi connectivity index (χ4n) is 1.25. The lowest BCUT2D eigenvalue weighted by atomic mass is 10.3. The highest BCUT2D eigenvalue weighted by Crippen LogP contribution is 2.40. The Morgan fingerprint density at radius 3 is 2.85 bits per heavy atom. The van der Waals surface area contributed by atoms with Crippen molar-refractivity contribution in [3.63, 3.8) is 0 Å². The number of ether oxygens (including phenoxy) is 1. The van der Waals surface area contributed by atoms with E-state index < -0.39 is 6.61 Å². The molecule has 0 N–H and O–H groups in total. The molecule has 1 fully saturated rings. The zero-order chi connectivity index (χ0) is 9.42. The van der Waals surface area contributed by atoms with Gasteiger partial charge in [0.15, 0.2) is 0 Å². The van der Waals surface area contributed by atoms with Crippen LogP contribution in [0.2, 0.25) is 0 Å². The zero-order valence-electron chi connectivity index (χ0n) is 7.20. The van der Waals surface area contributed by atoms with Gasteiger partial charge < -0.3 is 4.74 Å². The summed E-state index contributed by atoms with van der Waals surface area (Å²) in [7, 11) is 1.60. The standard InChI is InChI=1S/C8H10F2N2O/c1-12-7(13-8(9)10)4-6(11-12)5-2-3-5/h4-5,8H,2-3H2,1H3. The van der Waals surface area contributed by atoms with Crippen LogP contribution < -0.4 is 4.74 Å². The number of hydrogen-bond donors (Lipinski definition) is 0. The molecule has 1 aromatic heterocycles. The minimum absolute atomic E-state index is 0.136. The highest BCUT2D eigenvalue weighted by atomic mass is 19.3. The van der Waals surface area contributed by atoms with Crippen LogP contribution in [0.25, 0.3) is 0 Å². The molecule has 2 rings (SSSR count). The normalized spacial score (nSPS) is 16.6. The molecule has 0 bridgehead atoms. The first-order valence-corrected chi connectivity index (χ1v) is 4.15. The maximum absolute atomic E-state index is 11.9. The van der Waals surface area contributed by atoms with Crippen molar-refractivity contribution in [3.8, 4) is 5.88 Å². The van der Waals surface area contributed by atoms with Crippen molar-refractivity contribution < 1.29 is 13.5 Å². The predicted molar refractivity (Wildman–Crippen MR) is 41.8 cm³/mol. The van der Waals surface area contributed by atoms with Gasteiger partial charge in [0.25, 0.3) is 0 Å². The van der Waals surface area contributed by atoms with E-state index in [-0.39, 0.29) is 5.88 Å². The van der Waals surface area contributed by atoms with Crippen LogP contribution in [-0.2, 0) is 7.05 Å². The molecule has 3 nitrogen and oxygen atoms in total. The fraction of sp³-hybridized carbons (Fsp3) is 0.625. The summed E-state index contributed by atoms with van der Waals surface area (Å²) < 4.78 is 29.3. The Morgan fingerprint density at radius 2 is 2.31 bits per heavy atom. The molecule has 0 unspecified atom stereocenters. The van der Waals surface area contributed by atoms with Crippen molar-refractivity contribution >= 4 is 0 Å². The summed E-state index contributed by atoms with van der Waals surface area (Å²) in [6.45, 7) is -2.78. The Balaban J connectivity index is 2.15. The quantitative estimate of drug-likeness (QED) is 0.724. The van der Waals surface area contributed by atoms with Gasteiger partial charge in [-0.05, 0) is 12.8 Å². The van der Waals surface area contributed by atoms with E-state index in [1.165, 1.54) is 4.68 Å². The number of aromatic nitrogens is 2. The van der Waals surface area contributed by atoms with Gasteiger partial charge in [0, 0.05) is 19.0 Å². The molecule has 0 aliphatic heterocycles. The minimum Gasteiger partial charge on any atom is -0.417 e. The molecule has 1 aromatic rings. The van der Waals surface area contributed by atoms with E-state index in [9.17, 15) is 8.78 Å². The van der Waals surface area contributed by atoms with Gasteiger partial charge in [-0.25, -0.2) is 4.68 Å². The van der Waals surface area contributed by atoms with E-state index in [2.05, 4.69) is 9.84 Å². The maximum Gasteiger partial charge on any atom is 0.388 e. The number of hydrogen-bond acceptors (Lipinski definition) is 2. The maximum atomic E-state index is 11.9. The largest absolute Gasteiger partial charge is 0.417 e. The summed E-state index contributed by atoms with van der Waals surface area (Å²) in [6, 6.07) is 1.59. The second kappa shape index (κ2) is 2.97. The lowest BCUT2D eigenvalue weighted by Crippen LogP contribution is -2.05. The monoisotopic (exact) mass is 188 g/mol. The number of nitrogens with zero attached hydrogens (tertiary/aromatic N) is 2. The Bertz CT molecular complexity index is 307. The van der Waals surface area contributed by atoms with Gasteiger partial charge in [0.2, 0.25) is 5.88 Å². The topological polar surface area (TPSA) is 27.1 Å². The predicted octanol–water partition coefficient (Wildman–Crippen LogP) is 1.90. The van der Waals surface area contributed by atoms with Gasteiger partial charge >= 0.3 is 6.61 Å². The van der Waals surface area contributed by atoms with Crippen LogP contribution in [0.4, 0.5) is 8.78 Å². The molecule has 1 aliphatic carbocycles. The molecule has 5 heteroatoms. The summed E-state index contributed by atoms with van der Waals surface area (Å²) in [5.74, 6) is 0.595. The van der Waals surface area contributed by atoms with Gasteiger partial charge in [0.05, 0.1) is 5.69 Å². The summed E-state index contributed by atoms with van der Waals surface area (Å²) in [4.78, 5) is 0. The second-order valence-corrected chi connectivity index (χ2v) is 3.18. The van der Waals surface area contributed by atoms with Crippen molar-refractivity contribution in [2.24, 2.45) is 7.05 Å². The molecule has 13 heavy (non-hydrogen) atoms. The Kier molecular flexibility index (Phi) is 1.94. The molecule has 0 amide bonds. The van der Waals surface area contributed by atoms with Gasteiger partial charge in [-0.2, -0.15) is 13.9 Å². The SMILES string of the molecule is Cn1nc(C2CC2)cc1OC(F)F. The number of aryl methyl sites for hydroxylation is 1. The van der Waals surface area contributed by atoms with Crippen molar-refractivity contribution in [2.45, 2.75) is 25.4 Å². The smallest absolute Gasteiger partial charge is 0.388 e. The average molecular weight is 188 g/mol. The molecule has 0 radical (unpaired) electrons. The fourth-order valence-corrected chi connectivity index (χ4v) is 1.25. The van der Waals surface area contributed by atoms with Crippen LogP contribution in [0.15, 0.2) is 6.07 Å². The van der Waals surface area contributed by atoms with E-state index in [0.717, 1.165) is 18.5 Å². The summed E-state index contributed by atoms with van der Waals surface area (Å²) in [5, 5.41) is 4.08. The molecular formula is C8H10F2N2O. The first-order valence-electron chi connectivity index (χ1n) is 4.15. The first-order chi connectivity index (χ1) is 6.16. The molecule has 1 heterocycles. The highest BCUT2D eigenvalue weighted by Gasteiger charge is 2.27. The molecule has 0 saturated heterocycles. The summed E-state index contributed by atoms with van der Waals surface area (Å²) in [5.41, 5.74) is 0.859. The first kappa shape index (κ1) is 8.47. The third kappa shape index (κ3) is 1.79. The second-order valence-electron chi connectivity index (χ2n) is 3.18. The third-order valence-corrected chi connectivity index (χ3v) is 2.06. The third-order valence-electron chi connectivity index (χ3n) is 2.06. The Hall–Kier alpha value is -1.13. The molecule has 72 valence electrons.